The molecule has 18 heavy (non-hydrogen) atoms. The fraction of sp³-hybridized carbons (Fsp3) is 0.929. The van der Waals surface area contributed by atoms with E-state index in [0.29, 0.717) is 6.54 Å². The molecule has 0 saturated heterocycles. The molecule has 4 nitrogen and oxygen atoms in total. The Bertz CT molecular complexity index is 317. The highest BCUT2D eigenvalue weighted by molar-refractivity contribution is 5.67. The van der Waals surface area contributed by atoms with Crippen molar-refractivity contribution in [2.75, 3.05) is 6.54 Å². The lowest BCUT2D eigenvalue weighted by molar-refractivity contribution is -0.0286. The van der Waals surface area contributed by atoms with Crippen molar-refractivity contribution in [3.05, 3.63) is 0 Å². The lowest BCUT2D eigenvalue weighted by Gasteiger charge is -2.42. The number of carbonyl (C=O) groups excluding carboxylic acids is 1. The molecule has 0 aromatic carbocycles. The van der Waals surface area contributed by atoms with E-state index in [-0.39, 0.29) is 23.5 Å². The predicted octanol–water partition coefficient (Wildman–Crippen LogP) is 2.45. The van der Waals surface area contributed by atoms with Gasteiger partial charge in [0.25, 0.3) is 0 Å². The van der Waals surface area contributed by atoms with Gasteiger partial charge >= 0.3 is 6.09 Å². The Morgan fingerprint density at radius 1 is 1.39 bits per heavy atom. The summed E-state index contributed by atoms with van der Waals surface area (Å²) in [5.41, 5.74) is -0.284. The summed E-state index contributed by atoms with van der Waals surface area (Å²) in [5, 5.41) is 13.1. The summed E-state index contributed by atoms with van der Waals surface area (Å²) in [6.45, 7) is 6.07. The summed E-state index contributed by atoms with van der Waals surface area (Å²) in [6, 6.07) is 0. The Morgan fingerprint density at radius 3 is 2.50 bits per heavy atom. The molecular weight excluding hydrogens is 230 g/mol. The molecule has 0 radical (unpaired) electrons. The van der Waals surface area contributed by atoms with Gasteiger partial charge in [0.05, 0.1) is 6.10 Å². The van der Waals surface area contributed by atoms with Crippen LogP contribution in [0.3, 0.4) is 0 Å². The van der Waals surface area contributed by atoms with Gasteiger partial charge in [0.15, 0.2) is 0 Å². The van der Waals surface area contributed by atoms with Crippen LogP contribution in [-0.2, 0) is 4.74 Å². The smallest absolute Gasteiger partial charge is 0.407 e. The van der Waals surface area contributed by atoms with Crippen molar-refractivity contribution in [1.29, 1.82) is 0 Å². The van der Waals surface area contributed by atoms with Crippen molar-refractivity contribution in [1.82, 2.24) is 5.32 Å². The molecule has 2 aliphatic rings. The third-order valence-electron chi connectivity index (χ3n) is 4.34. The van der Waals surface area contributed by atoms with E-state index in [9.17, 15) is 9.90 Å². The Hall–Kier alpha value is -0.770. The number of aliphatic hydroxyl groups excluding tert-OH is 1. The van der Waals surface area contributed by atoms with E-state index < -0.39 is 5.60 Å². The van der Waals surface area contributed by atoms with Crippen LogP contribution in [0.1, 0.15) is 52.9 Å². The third kappa shape index (κ3) is 2.79. The summed E-state index contributed by atoms with van der Waals surface area (Å²) >= 11 is 0. The van der Waals surface area contributed by atoms with E-state index >= 15 is 0 Å². The van der Waals surface area contributed by atoms with Crippen molar-refractivity contribution in [3.8, 4) is 0 Å². The largest absolute Gasteiger partial charge is 0.444 e. The number of amides is 1. The van der Waals surface area contributed by atoms with Gasteiger partial charge in [-0.3, -0.25) is 0 Å². The minimum atomic E-state index is -0.465. The average Bonchev–Trinajstić information content (AvgIpc) is 2.49. The van der Waals surface area contributed by atoms with E-state index in [1.807, 2.05) is 20.8 Å². The van der Waals surface area contributed by atoms with Crippen LogP contribution in [0.15, 0.2) is 0 Å². The maximum Gasteiger partial charge on any atom is 0.407 e. The van der Waals surface area contributed by atoms with Crippen molar-refractivity contribution in [2.24, 2.45) is 11.3 Å². The third-order valence-corrected chi connectivity index (χ3v) is 4.34. The van der Waals surface area contributed by atoms with E-state index in [1.165, 1.54) is 6.42 Å². The van der Waals surface area contributed by atoms with Crippen molar-refractivity contribution >= 4 is 6.09 Å². The van der Waals surface area contributed by atoms with Crippen molar-refractivity contribution in [3.63, 3.8) is 0 Å². The maximum atomic E-state index is 11.6. The first-order valence-corrected chi connectivity index (χ1v) is 6.97. The molecule has 2 rings (SSSR count). The van der Waals surface area contributed by atoms with Crippen LogP contribution < -0.4 is 5.32 Å². The molecular formula is C14H25NO3. The van der Waals surface area contributed by atoms with Gasteiger partial charge in [0, 0.05) is 12.5 Å². The number of rotatable bonds is 2. The molecule has 0 aromatic rings. The first-order chi connectivity index (χ1) is 8.32. The Labute approximate surface area is 109 Å². The van der Waals surface area contributed by atoms with E-state index in [0.717, 1.165) is 25.7 Å². The van der Waals surface area contributed by atoms with Crippen molar-refractivity contribution in [2.45, 2.75) is 64.6 Å². The maximum absolute atomic E-state index is 11.6. The second-order valence-corrected chi connectivity index (χ2v) is 6.84. The van der Waals surface area contributed by atoms with Crippen LogP contribution in [0.2, 0.25) is 0 Å². The minimum Gasteiger partial charge on any atom is -0.444 e. The molecule has 0 aromatic heterocycles. The second-order valence-electron chi connectivity index (χ2n) is 6.84. The summed E-state index contributed by atoms with van der Waals surface area (Å²) < 4.78 is 5.19. The molecule has 1 amide bonds. The molecule has 2 fully saturated rings. The number of carbonyl (C=O) groups is 1. The van der Waals surface area contributed by atoms with Crippen molar-refractivity contribution < 1.29 is 14.6 Å². The molecule has 1 spiro atoms. The van der Waals surface area contributed by atoms with E-state index in [2.05, 4.69) is 5.32 Å². The zero-order valence-electron chi connectivity index (χ0n) is 11.7. The van der Waals surface area contributed by atoms with Gasteiger partial charge in [-0.2, -0.15) is 0 Å². The second kappa shape index (κ2) is 4.72. The highest BCUT2D eigenvalue weighted by atomic mass is 16.6. The molecule has 104 valence electrons. The highest BCUT2D eigenvalue weighted by Gasteiger charge is 2.50. The van der Waals surface area contributed by atoms with E-state index in [1.54, 1.807) is 0 Å². The SMILES string of the molecule is CC(C)(C)OC(=O)NCC1CCC2(CCC2)C1O. The van der Waals surface area contributed by atoms with Crippen LogP contribution in [0, 0.1) is 11.3 Å². The number of alkyl carbamates (subject to hydrolysis) is 1. The van der Waals surface area contributed by atoms with Crippen LogP contribution in [0.5, 0.6) is 0 Å². The molecule has 2 N–H and O–H groups in total. The van der Waals surface area contributed by atoms with Gasteiger partial charge in [-0.1, -0.05) is 6.42 Å². The number of hydrogen-bond donors (Lipinski definition) is 2. The van der Waals surface area contributed by atoms with Crippen LogP contribution in [0.4, 0.5) is 4.79 Å². The Kier molecular flexibility index (Phi) is 3.58. The van der Waals surface area contributed by atoms with Crippen LogP contribution >= 0.6 is 0 Å². The number of nitrogens with one attached hydrogen (secondary N) is 1. The monoisotopic (exact) mass is 255 g/mol. The summed E-state index contributed by atoms with van der Waals surface area (Å²) in [7, 11) is 0. The van der Waals surface area contributed by atoms with Crippen LogP contribution in [0.25, 0.3) is 0 Å². The minimum absolute atomic E-state index is 0.181. The molecule has 2 saturated carbocycles. The Morgan fingerprint density at radius 2 is 2.06 bits per heavy atom. The zero-order chi connectivity index (χ0) is 13.4. The van der Waals surface area contributed by atoms with Crippen LogP contribution in [-0.4, -0.2) is 29.4 Å². The lowest BCUT2D eigenvalue weighted by atomic mass is 9.65. The molecule has 0 aliphatic heterocycles. The first-order valence-electron chi connectivity index (χ1n) is 6.97. The molecule has 2 unspecified atom stereocenters. The molecule has 2 atom stereocenters. The predicted molar refractivity (Wildman–Crippen MR) is 69.3 cm³/mol. The zero-order valence-corrected chi connectivity index (χ0v) is 11.7. The van der Waals surface area contributed by atoms with Gasteiger partial charge in [0.1, 0.15) is 5.60 Å². The normalized spacial score (nSPS) is 30.0. The standard InChI is InChI=1S/C14H25NO3/c1-13(2,3)18-12(17)15-9-10-5-8-14(11(10)16)6-4-7-14/h10-11,16H,4-9H2,1-3H3,(H,15,17). The molecule has 2 aliphatic carbocycles. The highest BCUT2D eigenvalue weighted by Crippen LogP contribution is 2.54. The average molecular weight is 255 g/mol. The summed E-state index contributed by atoms with van der Waals surface area (Å²) in [4.78, 5) is 11.6. The van der Waals surface area contributed by atoms with Gasteiger partial charge < -0.3 is 15.2 Å². The fourth-order valence-corrected chi connectivity index (χ4v) is 3.20. The van der Waals surface area contributed by atoms with Gasteiger partial charge in [-0.15, -0.1) is 0 Å². The number of hydrogen-bond acceptors (Lipinski definition) is 3. The fourth-order valence-electron chi connectivity index (χ4n) is 3.20. The van der Waals surface area contributed by atoms with Gasteiger partial charge in [-0.25, -0.2) is 4.79 Å². The number of aliphatic hydroxyl groups is 1. The van der Waals surface area contributed by atoms with Gasteiger partial charge in [0.2, 0.25) is 0 Å². The molecule has 4 heteroatoms. The number of ether oxygens (including phenoxy) is 1. The van der Waals surface area contributed by atoms with E-state index in [4.69, 9.17) is 4.74 Å². The summed E-state index contributed by atoms with van der Waals surface area (Å²) in [5.74, 6) is 0.192. The first kappa shape index (κ1) is 13.7. The summed E-state index contributed by atoms with van der Waals surface area (Å²) in [6.07, 6.45) is 5.02. The Balaban J connectivity index is 1.76. The lowest BCUT2D eigenvalue weighted by Crippen LogP contribution is -2.43. The van der Waals surface area contributed by atoms with Gasteiger partial charge in [-0.05, 0) is 51.9 Å². The molecule has 0 heterocycles. The topological polar surface area (TPSA) is 58.6 Å². The quantitative estimate of drug-likeness (QED) is 0.797. The molecule has 0 bridgehead atoms.